The molecule has 1 aliphatic rings. The molecule has 0 fully saturated rings. The van der Waals surface area contributed by atoms with Gasteiger partial charge in [-0.15, -0.1) is 0 Å². The number of hydrogen-bond acceptors (Lipinski definition) is 0. The van der Waals surface area contributed by atoms with Crippen molar-refractivity contribution in [3.63, 3.8) is 0 Å². The van der Waals surface area contributed by atoms with E-state index in [-0.39, 0.29) is 0 Å². The fourth-order valence-electron chi connectivity index (χ4n) is 11.1. The third kappa shape index (κ3) is 7.24. The fraction of sp³-hybridized carbons (Fsp3) is 0. The molecule has 0 aliphatic carbocycles. The van der Waals surface area contributed by atoms with Gasteiger partial charge in [0.25, 0.3) is 0 Å². The zero-order chi connectivity index (χ0) is 45.7. The van der Waals surface area contributed by atoms with Crippen molar-refractivity contribution >= 4 is 52.4 Å². The molecule has 322 valence electrons. The van der Waals surface area contributed by atoms with Crippen molar-refractivity contribution < 1.29 is 0 Å². The summed E-state index contributed by atoms with van der Waals surface area (Å²) in [5.74, 6) is 0. The summed E-state index contributed by atoms with van der Waals surface area (Å²) in [6, 6.07) is 105. The van der Waals surface area contributed by atoms with Crippen LogP contribution in [0.2, 0.25) is 0 Å². The quantitative estimate of drug-likeness (QED) is 0.133. The summed E-state index contributed by atoms with van der Waals surface area (Å²) in [7, 11) is 0. The molecule has 0 N–H and O–H groups in total. The van der Waals surface area contributed by atoms with E-state index in [4.69, 9.17) is 0 Å². The van der Waals surface area contributed by atoms with Gasteiger partial charge in [-0.2, -0.15) is 0 Å². The van der Waals surface area contributed by atoms with Crippen molar-refractivity contribution in [2.45, 2.75) is 0 Å². The number of hydrogen-bond donors (Lipinski definition) is 0. The van der Waals surface area contributed by atoms with Gasteiger partial charge < -0.3 is 0 Å². The zero-order valence-electron chi connectivity index (χ0n) is 38.1. The van der Waals surface area contributed by atoms with Crippen molar-refractivity contribution in [3.8, 4) is 77.9 Å². The molecule has 0 amide bonds. The standard InChI is InChI=1S/C68H46Ge/c1-5-17-47(18-6-1)57-39-59(53-31-29-49-21-13-15-23-51(49)37-53)43-61(41-57)55-33-35-67-65(45-55)66-46-56(34-36-68(66)69(67,63-25-9-3-10-26-63)64-27-11-4-12-28-64)62-42-58(48-19-7-2-8-20-48)40-60(44-62)54-32-30-50-22-14-16-24-52(50)38-54/h1-46H. The average molecular weight is 936 g/mol. The molecule has 0 saturated heterocycles. The topological polar surface area (TPSA) is 0 Å². The Morgan fingerprint density at radius 3 is 0.841 bits per heavy atom. The Balaban J connectivity index is 1.04. The van der Waals surface area contributed by atoms with Gasteiger partial charge in [-0.25, -0.2) is 0 Å². The van der Waals surface area contributed by atoms with Crippen molar-refractivity contribution in [3.05, 3.63) is 279 Å². The van der Waals surface area contributed by atoms with Gasteiger partial charge in [0.2, 0.25) is 0 Å². The monoisotopic (exact) mass is 936 g/mol. The van der Waals surface area contributed by atoms with Gasteiger partial charge in [0.1, 0.15) is 0 Å². The molecule has 0 aromatic heterocycles. The SMILES string of the molecule is c1ccc(-c2cc(-c3cc[c]4c(c3)-c3cc(-c5cc(-c6ccccc6)cc(-c6ccc7ccccc7c6)c5)cc[c]3[Ge]4([c]3ccccc3)[c]3ccccc3)cc(-c3ccc4ccccc4c3)c2)cc1. The van der Waals surface area contributed by atoms with Gasteiger partial charge in [0, 0.05) is 0 Å². The molecule has 0 unspecified atom stereocenters. The molecule has 12 aromatic carbocycles. The summed E-state index contributed by atoms with van der Waals surface area (Å²) in [6.07, 6.45) is 0. The Bertz CT molecular complexity index is 3620. The molecule has 1 heterocycles. The molecule has 1 aliphatic heterocycles. The van der Waals surface area contributed by atoms with Crippen LogP contribution in [0.25, 0.3) is 99.4 Å². The predicted octanol–water partition coefficient (Wildman–Crippen LogP) is 15.4. The van der Waals surface area contributed by atoms with Crippen LogP contribution >= 0.6 is 0 Å². The number of benzene rings is 12. The van der Waals surface area contributed by atoms with Gasteiger partial charge in [-0.1, -0.05) is 12.1 Å². The van der Waals surface area contributed by atoms with E-state index in [1.165, 1.54) is 117 Å². The first kappa shape index (κ1) is 40.9. The minimum atomic E-state index is -3.57. The van der Waals surface area contributed by atoms with E-state index < -0.39 is 13.3 Å². The van der Waals surface area contributed by atoms with Crippen molar-refractivity contribution in [1.82, 2.24) is 0 Å². The first-order valence-corrected chi connectivity index (χ1v) is 28.2. The van der Waals surface area contributed by atoms with Gasteiger partial charge in [-0.3, -0.25) is 0 Å². The maximum absolute atomic E-state index is 3.57. The summed E-state index contributed by atoms with van der Waals surface area (Å²) in [5.41, 5.74) is 17.2. The molecular weight excluding hydrogens is 889 g/mol. The minimum absolute atomic E-state index is 1.21. The summed E-state index contributed by atoms with van der Waals surface area (Å²) < 4.78 is 5.84. The third-order valence-electron chi connectivity index (χ3n) is 14.5. The van der Waals surface area contributed by atoms with Gasteiger partial charge in [0.05, 0.1) is 0 Å². The second kappa shape index (κ2) is 17.1. The van der Waals surface area contributed by atoms with Crippen LogP contribution in [-0.2, 0) is 0 Å². The van der Waals surface area contributed by atoms with Crippen LogP contribution in [0.5, 0.6) is 0 Å². The maximum atomic E-state index is 2.52. The predicted molar refractivity (Wildman–Crippen MR) is 297 cm³/mol. The van der Waals surface area contributed by atoms with Gasteiger partial charge >= 0.3 is 397 Å². The molecule has 0 saturated carbocycles. The van der Waals surface area contributed by atoms with Crippen LogP contribution in [-0.4, -0.2) is 13.3 Å². The second-order valence-corrected chi connectivity index (χ2v) is 26.3. The Labute approximate surface area is 406 Å². The average Bonchev–Trinajstić information content (AvgIpc) is 3.73. The Morgan fingerprint density at radius 1 is 0.174 bits per heavy atom. The molecule has 0 radical (unpaired) electrons. The first-order chi connectivity index (χ1) is 34.2. The molecule has 12 aromatic rings. The van der Waals surface area contributed by atoms with E-state index in [2.05, 4.69) is 279 Å². The van der Waals surface area contributed by atoms with Crippen LogP contribution in [0, 0.1) is 0 Å². The van der Waals surface area contributed by atoms with E-state index in [0.717, 1.165) is 0 Å². The summed E-state index contributed by atoms with van der Waals surface area (Å²) in [6.45, 7) is 0. The van der Waals surface area contributed by atoms with Crippen LogP contribution in [0.4, 0.5) is 0 Å². The van der Waals surface area contributed by atoms with Crippen LogP contribution in [0.15, 0.2) is 279 Å². The molecule has 0 atom stereocenters. The molecule has 1 heteroatoms. The van der Waals surface area contributed by atoms with E-state index in [0.29, 0.717) is 0 Å². The van der Waals surface area contributed by atoms with Crippen LogP contribution in [0.1, 0.15) is 0 Å². The third-order valence-corrected chi connectivity index (χ3v) is 24.7. The molecular formula is C68H46Ge. The van der Waals surface area contributed by atoms with E-state index in [1.54, 1.807) is 0 Å². The summed E-state index contributed by atoms with van der Waals surface area (Å²) in [5, 5.41) is 4.99. The second-order valence-electron chi connectivity index (χ2n) is 18.5. The fourth-order valence-corrected chi connectivity index (χ4v) is 21.9. The van der Waals surface area contributed by atoms with Crippen molar-refractivity contribution in [2.75, 3.05) is 0 Å². The van der Waals surface area contributed by atoms with Crippen molar-refractivity contribution in [2.24, 2.45) is 0 Å². The molecule has 0 spiro atoms. The Hall–Kier alpha value is -8.30. The van der Waals surface area contributed by atoms with Gasteiger partial charge in [-0.05, 0) is 0 Å². The number of fused-ring (bicyclic) bond motifs is 5. The molecule has 0 nitrogen and oxygen atoms in total. The Morgan fingerprint density at radius 2 is 0.464 bits per heavy atom. The van der Waals surface area contributed by atoms with Gasteiger partial charge in [0.15, 0.2) is 0 Å². The first-order valence-electron chi connectivity index (χ1n) is 24.0. The zero-order valence-corrected chi connectivity index (χ0v) is 40.2. The van der Waals surface area contributed by atoms with E-state index >= 15 is 0 Å². The molecule has 0 bridgehead atoms. The molecule has 69 heavy (non-hydrogen) atoms. The van der Waals surface area contributed by atoms with Crippen molar-refractivity contribution in [1.29, 1.82) is 0 Å². The normalized spacial score (nSPS) is 12.5. The summed E-state index contributed by atoms with van der Waals surface area (Å²) in [4.78, 5) is 0. The number of rotatable bonds is 8. The summed E-state index contributed by atoms with van der Waals surface area (Å²) >= 11 is -3.57. The van der Waals surface area contributed by atoms with Crippen LogP contribution < -0.4 is 17.6 Å². The van der Waals surface area contributed by atoms with E-state index in [1.807, 2.05) is 0 Å². The van der Waals surface area contributed by atoms with E-state index in [9.17, 15) is 0 Å². The van der Waals surface area contributed by atoms with Crippen LogP contribution in [0.3, 0.4) is 0 Å². The molecule has 13 rings (SSSR count). The Kier molecular flexibility index (Phi) is 10.1.